The smallest absolute Gasteiger partial charge is 0.170 e. The van der Waals surface area contributed by atoms with E-state index in [1.54, 1.807) is 0 Å². The molecule has 0 atom stereocenters. The Morgan fingerprint density at radius 2 is 1.06 bits per heavy atom. The Kier molecular flexibility index (Phi) is 5.36. The van der Waals surface area contributed by atoms with Crippen LogP contribution in [0.2, 0.25) is 0 Å². The molecule has 1 N–H and O–H groups in total. The number of hydrogen-bond donors (Lipinski definition) is 1. The third-order valence-electron chi connectivity index (χ3n) is 7.21. The molecule has 5 rings (SSSR count). The van der Waals surface area contributed by atoms with Crippen LogP contribution in [0.1, 0.15) is 61.7 Å². The number of rotatable bonds is 5. The second-order valence-corrected chi connectivity index (χ2v) is 10.1. The molecule has 1 heterocycles. The second kappa shape index (κ2) is 8.25. The van der Waals surface area contributed by atoms with Gasteiger partial charge in [0.1, 0.15) is 5.75 Å². The van der Waals surface area contributed by atoms with E-state index in [1.165, 1.54) is 5.56 Å². The van der Waals surface area contributed by atoms with Crippen molar-refractivity contribution in [1.82, 2.24) is 0 Å². The monoisotopic (exact) mass is 446 g/mol. The van der Waals surface area contributed by atoms with Crippen molar-refractivity contribution in [3.05, 3.63) is 136 Å². The summed E-state index contributed by atoms with van der Waals surface area (Å²) in [6, 6.07) is 33.0. The molecule has 0 aliphatic carbocycles. The molecule has 4 aromatic rings. The van der Waals surface area contributed by atoms with Gasteiger partial charge in [0.05, 0.1) is 10.7 Å². The largest absolute Gasteiger partial charge is 0.507 e. The lowest BCUT2D eigenvalue weighted by Gasteiger charge is -2.33. The highest BCUT2D eigenvalue weighted by Gasteiger charge is 2.33. The Morgan fingerprint density at radius 3 is 1.59 bits per heavy atom. The van der Waals surface area contributed by atoms with E-state index < -0.39 is 11.6 Å². The molecule has 0 saturated heterocycles. The first-order valence-electron chi connectivity index (χ1n) is 11.8. The Hall–Kier alpha value is -3.72. The number of para-hydroxylation sites is 2. The maximum Gasteiger partial charge on any atom is 0.170 e. The van der Waals surface area contributed by atoms with Gasteiger partial charge in [-0.25, -0.2) is 0 Å². The van der Waals surface area contributed by atoms with Crippen LogP contribution in [-0.4, -0.2) is 5.11 Å². The molecule has 1 aliphatic rings. The van der Waals surface area contributed by atoms with Crippen LogP contribution >= 0.6 is 0 Å². The number of phenolic OH excluding ortho intramolecular Hbond substituents is 1. The average Bonchev–Trinajstić information content (AvgIpc) is 3.29. The van der Waals surface area contributed by atoms with Crippen molar-refractivity contribution in [2.75, 3.05) is 0 Å². The minimum absolute atomic E-state index is 0.267. The standard InChI is InChI=1S/C31H30N2O/c1-30(2,21-13-7-5-8-14-21)23-19-24(29-32-26-17-11-12-18-27(26)33-29)28(34)25(20-23)31(3,4)22-15-9-6-10-16-22/h5-20,29,34H,1-4H3. The molecule has 3 heteroatoms. The Labute approximate surface area is 201 Å². The normalized spacial score (nSPS) is 13.8. The lowest BCUT2D eigenvalue weighted by molar-refractivity contribution is 0.439. The number of hydrogen-bond acceptors (Lipinski definition) is 3. The molecular weight excluding hydrogens is 416 g/mol. The van der Waals surface area contributed by atoms with Gasteiger partial charge in [0, 0.05) is 22.0 Å². The second-order valence-electron chi connectivity index (χ2n) is 10.1. The van der Waals surface area contributed by atoms with Crippen LogP contribution in [0.4, 0.5) is 0 Å². The van der Waals surface area contributed by atoms with Gasteiger partial charge >= 0.3 is 0 Å². The lowest BCUT2D eigenvalue weighted by Crippen LogP contribution is -2.24. The zero-order valence-electron chi connectivity index (χ0n) is 20.2. The molecule has 0 spiro atoms. The fourth-order valence-electron chi connectivity index (χ4n) is 4.84. The van der Waals surface area contributed by atoms with Gasteiger partial charge in [-0.2, -0.15) is 0 Å². The number of benzene rings is 4. The maximum absolute atomic E-state index is 11.7. The van der Waals surface area contributed by atoms with E-state index in [1.807, 2.05) is 48.5 Å². The van der Waals surface area contributed by atoms with Crippen molar-refractivity contribution in [2.24, 2.45) is 9.98 Å². The molecule has 0 aromatic heterocycles. The van der Waals surface area contributed by atoms with E-state index in [9.17, 15) is 5.11 Å². The summed E-state index contributed by atoms with van der Waals surface area (Å²) in [6.45, 7) is 8.79. The van der Waals surface area contributed by atoms with Crippen LogP contribution in [0.25, 0.3) is 0 Å². The first-order valence-corrected chi connectivity index (χ1v) is 11.8. The number of nitrogens with zero attached hydrogens (tertiary/aromatic N) is 2. The van der Waals surface area contributed by atoms with E-state index in [-0.39, 0.29) is 11.2 Å². The van der Waals surface area contributed by atoms with Gasteiger partial charge in [-0.3, -0.25) is 9.98 Å². The highest BCUT2D eigenvalue weighted by Crippen LogP contribution is 2.45. The van der Waals surface area contributed by atoms with Crippen LogP contribution in [-0.2, 0) is 10.8 Å². The third-order valence-corrected chi connectivity index (χ3v) is 7.21. The molecule has 0 amide bonds. The van der Waals surface area contributed by atoms with Crippen molar-refractivity contribution < 1.29 is 5.11 Å². The number of phenols is 1. The quantitative estimate of drug-likeness (QED) is 0.402. The van der Waals surface area contributed by atoms with Gasteiger partial charge in [0.15, 0.2) is 6.17 Å². The highest BCUT2D eigenvalue weighted by molar-refractivity contribution is 5.55. The predicted molar refractivity (Wildman–Crippen MR) is 137 cm³/mol. The minimum Gasteiger partial charge on any atom is -0.507 e. The number of fused-ring (bicyclic) bond motifs is 1. The topological polar surface area (TPSA) is 45.0 Å². The summed E-state index contributed by atoms with van der Waals surface area (Å²) in [5.41, 5.74) is 4.46. The van der Waals surface area contributed by atoms with Gasteiger partial charge in [-0.05, 0) is 34.9 Å². The van der Waals surface area contributed by atoms with E-state index in [0.717, 1.165) is 33.0 Å². The van der Waals surface area contributed by atoms with Crippen LogP contribution < -0.4 is 10.7 Å². The molecule has 3 nitrogen and oxygen atoms in total. The van der Waals surface area contributed by atoms with E-state index >= 15 is 0 Å². The first-order chi connectivity index (χ1) is 16.3. The molecule has 170 valence electrons. The van der Waals surface area contributed by atoms with Crippen molar-refractivity contribution in [1.29, 1.82) is 0 Å². The SMILES string of the molecule is CC(C)(c1ccccc1)c1cc(C2N=c3ccccc3=N2)c(O)c(C(C)(C)c2ccccc2)c1. The van der Waals surface area contributed by atoms with Gasteiger partial charge in [0.2, 0.25) is 0 Å². The van der Waals surface area contributed by atoms with Crippen LogP contribution in [0.5, 0.6) is 5.75 Å². The maximum atomic E-state index is 11.7. The van der Waals surface area contributed by atoms with E-state index in [4.69, 9.17) is 9.98 Å². The fraction of sp³-hybridized carbons (Fsp3) is 0.226. The summed E-state index contributed by atoms with van der Waals surface area (Å²) in [5.74, 6) is 0.270. The summed E-state index contributed by atoms with van der Waals surface area (Å²) in [7, 11) is 0. The number of aromatic hydroxyl groups is 1. The van der Waals surface area contributed by atoms with Crippen molar-refractivity contribution >= 4 is 0 Å². The summed E-state index contributed by atoms with van der Waals surface area (Å²) in [5, 5.41) is 13.4. The summed E-state index contributed by atoms with van der Waals surface area (Å²) in [4.78, 5) is 9.70. The zero-order chi connectivity index (χ0) is 23.9. The molecule has 0 unspecified atom stereocenters. The summed E-state index contributed by atoms with van der Waals surface area (Å²) in [6.07, 6.45) is -0.464. The van der Waals surface area contributed by atoms with Gasteiger partial charge in [-0.1, -0.05) is 107 Å². The molecular formula is C31H30N2O. The molecule has 0 radical (unpaired) electrons. The van der Waals surface area contributed by atoms with Gasteiger partial charge in [-0.15, -0.1) is 0 Å². The Morgan fingerprint density at radius 1 is 0.588 bits per heavy atom. The summed E-state index contributed by atoms with van der Waals surface area (Å²) < 4.78 is 0. The molecule has 0 fully saturated rings. The Bertz CT molecular complexity index is 1420. The molecule has 0 bridgehead atoms. The van der Waals surface area contributed by atoms with Crippen molar-refractivity contribution in [2.45, 2.75) is 44.7 Å². The molecule has 4 aromatic carbocycles. The zero-order valence-corrected chi connectivity index (χ0v) is 20.2. The average molecular weight is 447 g/mol. The lowest BCUT2D eigenvalue weighted by atomic mass is 9.72. The van der Waals surface area contributed by atoms with Crippen LogP contribution in [0.15, 0.2) is 107 Å². The van der Waals surface area contributed by atoms with E-state index in [0.29, 0.717) is 0 Å². The van der Waals surface area contributed by atoms with Gasteiger partial charge < -0.3 is 5.11 Å². The van der Waals surface area contributed by atoms with Crippen molar-refractivity contribution in [3.63, 3.8) is 0 Å². The minimum atomic E-state index is -0.464. The summed E-state index contributed by atoms with van der Waals surface area (Å²) >= 11 is 0. The Balaban J connectivity index is 1.75. The van der Waals surface area contributed by atoms with Crippen LogP contribution in [0, 0.1) is 0 Å². The predicted octanol–water partition coefficient (Wildman–Crippen LogP) is 6.00. The third kappa shape index (κ3) is 3.71. The van der Waals surface area contributed by atoms with E-state index in [2.05, 4.69) is 76.2 Å². The molecule has 1 aliphatic heterocycles. The first kappa shape index (κ1) is 22.1. The van der Waals surface area contributed by atoms with Gasteiger partial charge in [0.25, 0.3) is 0 Å². The van der Waals surface area contributed by atoms with Crippen LogP contribution in [0.3, 0.4) is 0 Å². The highest BCUT2D eigenvalue weighted by atomic mass is 16.3. The van der Waals surface area contributed by atoms with Crippen molar-refractivity contribution in [3.8, 4) is 5.75 Å². The molecule has 0 saturated carbocycles. The fourth-order valence-corrected chi connectivity index (χ4v) is 4.84. The molecule has 34 heavy (non-hydrogen) atoms.